The number of carbonyl (C=O) groups excluding carboxylic acids is 1. The fourth-order valence-electron chi connectivity index (χ4n) is 1.28. The van der Waals surface area contributed by atoms with E-state index in [9.17, 15) is 9.90 Å². The highest BCUT2D eigenvalue weighted by Crippen LogP contribution is 2.17. The summed E-state index contributed by atoms with van der Waals surface area (Å²) in [6.07, 6.45) is -0.153. The molecular weight excluding hydrogens is 192 g/mol. The van der Waals surface area contributed by atoms with Crippen LogP contribution in [-0.2, 0) is 9.84 Å². The molecule has 0 fully saturated rings. The van der Waals surface area contributed by atoms with Gasteiger partial charge in [0.2, 0.25) is 0 Å². The van der Waals surface area contributed by atoms with E-state index in [1.807, 2.05) is 6.92 Å². The number of benzene rings is 1. The molecule has 0 amide bonds. The lowest BCUT2D eigenvalue weighted by molar-refractivity contribution is 0.0525. The summed E-state index contributed by atoms with van der Waals surface area (Å²) in [6, 6.07) is 6.64. The molecule has 0 aliphatic carbocycles. The number of rotatable bonds is 4. The summed E-state index contributed by atoms with van der Waals surface area (Å²) in [5, 5.41) is 11.4. The molecule has 0 saturated heterocycles. The van der Waals surface area contributed by atoms with Crippen molar-refractivity contribution in [3.63, 3.8) is 0 Å². The summed E-state index contributed by atoms with van der Waals surface area (Å²) in [5.41, 5.74) is 1.20. The molecule has 3 nitrogen and oxygen atoms in total. The van der Waals surface area contributed by atoms with Crippen molar-refractivity contribution in [2.45, 2.75) is 26.4 Å². The highest BCUT2D eigenvalue weighted by Gasteiger charge is 2.09. The topological polar surface area (TPSA) is 46.2 Å². The third-order valence-electron chi connectivity index (χ3n) is 2.16. The average molecular weight is 207 g/mol. The molecule has 0 aliphatic rings. The largest absolute Gasteiger partial charge is 0.462 e. The first-order valence-electron chi connectivity index (χ1n) is 5.12. The standard InChI is InChI=1S/C12H15O3/c1-3-11(13)9-5-7-10(8-6-9)12(14)15-4-2/h5-8,11H,3-4H2,1-2H3. The Hall–Kier alpha value is -1.35. The van der Waals surface area contributed by atoms with E-state index in [1.165, 1.54) is 0 Å². The Morgan fingerprint density at radius 3 is 2.33 bits per heavy atom. The summed E-state index contributed by atoms with van der Waals surface area (Å²) in [4.78, 5) is 11.3. The van der Waals surface area contributed by atoms with Crippen molar-refractivity contribution in [1.29, 1.82) is 0 Å². The van der Waals surface area contributed by atoms with Crippen molar-refractivity contribution in [3.8, 4) is 0 Å². The minimum atomic E-state index is -0.707. The lowest BCUT2D eigenvalue weighted by Gasteiger charge is -2.06. The van der Waals surface area contributed by atoms with E-state index >= 15 is 0 Å². The minimum Gasteiger partial charge on any atom is -0.462 e. The van der Waals surface area contributed by atoms with Gasteiger partial charge in [-0.05, 0) is 31.0 Å². The number of ether oxygens (including phenoxy) is 1. The molecule has 1 atom stereocenters. The Balaban J connectivity index is 2.76. The van der Waals surface area contributed by atoms with Crippen LogP contribution in [0.1, 0.15) is 42.3 Å². The van der Waals surface area contributed by atoms with E-state index < -0.39 is 6.10 Å². The van der Waals surface area contributed by atoms with Gasteiger partial charge in [-0.25, -0.2) is 9.90 Å². The molecule has 0 heterocycles. The van der Waals surface area contributed by atoms with Crippen molar-refractivity contribution < 1.29 is 14.6 Å². The second-order valence-corrected chi connectivity index (χ2v) is 3.24. The van der Waals surface area contributed by atoms with Gasteiger partial charge in [0.15, 0.2) is 0 Å². The lowest BCUT2D eigenvalue weighted by Crippen LogP contribution is -2.04. The predicted molar refractivity (Wildman–Crippen MR) is 56.1 cm³/mol. The summed E-state index contributed by atoms with van der Waals surface area (Å²) in [5.74, 6) is -0.344. The van der Waals surface area contributed by atoms with Gasteiger partial charge in [0.25, 0.3) is 0 Å². The molecule has 1 radical (unpaired) electrons. The summed E-state index contributed by atoms with van der Waals surface area (Å²) >= 11 is 0. The minimum absolute atomic E-state index is 0.344. The van der Waals surface area contributed by atoms with Crippen LogP contribution >= 0.6 is 0 Å². The number of carbonyl (C=O) groups is 1. The third kappa shape index (κ3) is 3.06. The van der Waals surface area contributed by atoms with E-state index in [0.717, 1.165) is 0 Å². The molecular formula is C12H15O3. The van der Waals surface area contributed by atoms with E-state index in [0.29, 0.717) is 24.2 Å². The van der Waals surface area contributed by atoms with Gasteiger partial charge < -0.3 is 4.74 Å². The van der Waals surface area contributed by atoms with Gasteiger partial charge in [-0.15, -0.1) is 0 Å². The summed E-state index contributed by atoms with van der Waals surface area (Å²) in [6.45, 7) is 3.97. The number of esters is 1. The Bertz CT molecular complexity index is 316. The van der Waals surface area contributed by atoms with Crippen LogP contribution in [0.4, 0.5) is 0 Å². The Morgan fingerprint density at radius 2 is 1.87 bits per heavy atom. The maximum Gasteiger partial charge on any atom is 0.338 e. The second kappa shape index (κ2) is 5.51. The summed E-state index contributed by atoms with van der Waals surface area (Å²) < 4.78 is 4.84. The van der Waals surface area contributed by atoms with Crippen molar-refractivity contribution in [1.82, 2.24) is 0 Å². The van der Waals surface area contributed by atoms with Crippen molar-refractivity contribution >= 4 is 5.97 Å². The van der Waals surface area contributed by atoms with Gasteiger partial charge >= 0.3 is 5.97 Å². The average Bonchev–Trinajstić information content (AvgIpc) is 2.28. The van der Waals surface area contributed by atoms with Gasteiger partial charge in [-0.3, -0.25) is 0 Å². The van der Waals surface area contributed by atoms with Crippen LogP contribution < -0.4 is 0 Å². The van der Waals surface area contributed by atoms with Crippen molar-refractivity contribution in [3.05, 3.63) is 35.4 Å². The van der Waals surface area contributed by atoms with Gasteiger partial charge in [-0.2, -0.15) is 0 Å². The third-order valence-corrected chi connectivity index (χ3v) is 2.16. The van der Waals surface area contributed by atoms with Crippen LogP contribution in [-0.4, -0.2) is 12.6 Å². The molecule has 81 valence electrons. The van der Waals surface area contributed by atoms with Crippen molar-refractivity contribution in [2.75, 3.05) is 6.61 Å². The molecule has 0 aliphatic heterocycles. The Kier molecular flexibility index (Phi) is 4.31. The van der Waals surface area contributed by atoms with E-state index in [2.05, 4.69) is 0 Å². The molecule has 1 unspecified atom stereocenters. The van der Waals surface area contributed by atoms with Gasteiger partial charge in [0.1, 0.15) is 6.10 Å². The quantitative estimate of drug-likeness (QED) is 0.712. The molecule has 15 heavy (non-hydrogen) atoms. The summed E-state index contributed by atoms with van der Waals surface area (Å²) in [7, 11) is 0. The molecule has 0 spiro atoms. The fraction of sp³-hybridized carbons (Fsp3) is 0.417. The number of hydrogen-bond acceptors (Lipinski definition) is 2. The van der Waals surface area contributed by atoms with Crippen LogP contribution in [0.2, 0.25) is 0 Å². The number of hydrogen-bond donors (Lipinski definition) is 0. The van der Waals surface area contributed by atoms with E-state index in [1.54, 1.807) is 31.2 Å². The van der Waals surface area contributed by atoms with E-state index in [4.69, 9.17) is 4.74 Å². The Labute approximate surface area is 89.7 Å². The lowest BCUT2D eigenvalue weighted by atomic mass is 10.1. The van der Waals surface area contributed by atoms with Crippen molar-refractivity contribution in [2.24, 2.45) is 0 Å². The van der Waals surface area contributed by atoms with E-state index in [-0.39, 0.29) is 5.97 Å². The maximum absolute atomic E-state index is 11.4. The van der Waals surface area contributed by atoms with Gasteiger partial charge in [0.05, 0.1) is 12.2 Å². The second-order valence-electron chi connectivity index (χ2n) is 3.24. The first-order chi connectivity index (χ1) is 7.19. The Morgan fingerprint density at radius 1 is 1.27 bits per heavy atom. The molecule has 0 bridgehead atoms. The zero-order chi connectivity index (χ0) is 11.3. The molecule has 0 aromatic heterocycles. The van der Waals surface area contributed by atoms with Crippen LogP contribution in [0, 0.1) is 0 Å². The normalized spacial score (nSPS) is 12.2. The fourth-order valence-corrected chi connectivity index (χ4v) is 1.28. The SMILES string of the molecule is CCOC(=O)c1ccc(C([O])CC)cc1. The zero-order valence-corrected chi connectivity index (χ0v) is 9.03. The maximum atomic E-state index is 11.4. The van der Waals surface area contributed by atoms with Crippen LogP contribution in [0.5, 0.6) is 0 Å². The zero-order valence-electron chi connectivity index (χ0n) is 9.03. The smallest absolute Gasteiger partial charge is 0.338 e. The molecule has 0 saturated carbocycles. The molecule has 1 aromatic carbocycles. The highest BCUT2D eigenvalue weighted by molar-refractivity contribution is 5.89. The molecule has 3 heteroatoms. The van der Waals surface area contributed by atoms with Gasteiger partial charge in [-0.1, -0.05) is 19.1 Å². The molecule has 1 aromatic rings. The van der Waals surface area contributed by atoms with Crippen LogP contribution in [0.25, 0.3) is 0 Å². The van der Waals surface area contributed by atoms with Gasteiger partial charge in [0, 0.05) is 0 Å². The first-order valence-corrected chi connectivity index (χ1v) is 5.12. The predicted octanol–water partition coefficient (Wildman–Crippen LogP) is 2.74. The van der Waals surface area contributed by atoms with Crippen LogP contribution in [0.15, 0.2) is 24.3 Å². The molecule has 0 N–H and O–H groups in total. The first kappa shape index (κ1) is 11.7. The highest BCUT2D eigenvalue weighted by atomic mass is 16.5. The van der Waals surface area contributed by atoms with Crippen LogP contribution in [0.3, 0.4) is 0 Å². The molecule has 1 rings (SSSR count). The monoisotopic (exact) mass is 207 g/mol.